The molecule has 2 aromatic rings. The number of aromatic nitrogens is 3. The van der Waals surface area contributed by atoms with Crippen LogP contribution in [0.15, 0.2) is 17.8 Å². The van der Waals surface area contributed by atoms with Crippen molar-refractivity contribution in [2.24, 2.45) is 0 Å². The molecule has 2 aromatic heterocycles. The number of nitrogens with zero attached hydrogens (tertiary/aromatic N) is 3. The third-order valence-corrected chi connectivity index (χ3v) is 2.83. The van der Waals surface area contributed by atoms with E-state index in [1.165, 1.54) is 29.1 Å². The van der Waals surface area contributed by atoms with Crippen molar-refractivity contribution in [3.8, 4) is 0 Å². The van der Waals surface area contributed by atoms with Crippen LogP contribution in [-0.4, -0.2) is 26.0 Å². The maximum absolute atomic E-state index is 10.6. The summed E-state index contributed by atoms with van der Waals surface area (Å²) in [5.41, 5.74) is 0.0454. The fourth-order valence-corrected chi connectivity index (χ4v) is 1.94. The summed E-state index contributed by atoms with van der Waals surface area (Å²) in [6, 6.07) is 0. The van der Waals surface area contributed by atoms with E-state index in [4.69, 9.17) is 16.7 Å². The second-order valence-electron chi connectivity index (χ2n) is 3.01. The van der Waals surface area contributed by atoms with Crippen LogP contribution in [0, 0.1) is 0 Å². The molecule has 2 N–H and O–H groups in total. The van der Waals surface area contributed by atoms with E-state index in [-0.39, 0.29) is 5.69 Å². The van der Waals surface area contributed by atoms with Crippen LogP contribution >= 0.6 is 22.9 Å². The first-order valence-electron chi connectivity index (χ1n) is 4.54. The minimum atomic E-state index is -1.03. The maximum Gasteiger partial charge on any atom is 0.355 e. The number of halogens is 1. The van der Waals surface area contributed by atoms with Crippen molar-refractivity contribution >= 4 is 34.7 Å². The van der Waals surface area contributed by atoms with E-state index in [2.05, 4.69) is 20.3 Å². The zero-order valence-corrected chi connectivity index (χ0v) is 9.99. The SMILES string of the molecule is O=C(O)c1csc(CNc2cncc(Cl)n2)n1. The summed E-state index contributed by atoms with van der Waals surface area (Å²) in [4.78, 5) is 22.4. The molecule has 0 atom stereocenters. The van der Waals surface area contributed by atoms with Crippen molar-refractivity contribution in [2.75, 3.05) is 5.32 Å². The van der Waals surface area contributed by atoms with Crippen LogP contribution in [0.3, 0.4) is 0 Å². The van der Waals surface area contributed by atoms with Gasteiger partial charge in [-0.1, -0.05) is 11.6 Å². The van der Waals surface area contributed by atoms with Crippen LogP contribution in [0.1, 0.15) is 15.5 Å². The Bertz CT molecular complexity index is 545. The lowest BCUT2D eigenvalue weighted by molar-refractivity contribution is 0.0691. The lowest BCUT2D eigenvalue weighted by atomic mass is 10.5. The molecule has 0 bridgehead atoms. The van der Waals surface area contributed by atoms with Crippen molar-refractivity contribution in [3.05, 3.63) is 33.6 Å². The second-order valence-corrected chi connectivity index (χ2v) is 4.34. The Morgan fingerprint density at radius 3 is 2.94 bits per heavy atom. The fraction of sp³-hybridized carbons (Fsp3) is 0.111. The van der Waals surface area contributed by atoms with Gasteiger partial charge in [0.15, 0.2) is 5.69 Å². The second kappa shape index (κ2) is 5.07. The molecule has 0 aliphatic rings. The molecule has 2 rings (SSSR count). The van der Waals surface area contributed by atoms with Crippen molar-refractivity contribution in [2.45, 2.75) is 6.54 Å². The molecule has 0 saturated carbocycles. The van der Waals surface area contributed by atoms with Crippen LogP contribution in [-0.2, 0) is 6.54 Å². The highest BCUT2D eigenvalue weighted by atomic mass is 35.5. The molecule has 0 fully saturated rings. The lowest BCUT2D eigenvalue weighted by Gasteiger charge is -2.01. The van der Waals surface area contributed by atoms with Gasteiger partial charge in [-0.15, -0.1) is 11.3 Å². The third-order valence-electron chi connectivity index (χ3n) is 1.80. The zero-order valence-electron chi connectivity index (χ0n) is 8.42. The molecule has 0 radical (unpaired) electrons. The van der Waals surface area contributed by atoms with E-state index in [0.717, 1.165) is 0 Å². The molecule has 0 spiro atoms. The van der Waals surface area contributed by atoms with E-state index < -0.39 is 5.97 Å². The molecule has 8 heteroatoms. The average molecular weight is 271 g/mol. The maximum atomic E-state index is 10.6. The van der Waals surface area contributed by atoms with Gasteiger partial charge in [-0.05, 0) is 0 Å². The first-order valence-corrected chi connectivity index (χ1v) is 5.80. The monoisotopic (exact) mass is 270 g/mol. The normalized spacial score (nSPS) is 10.2. The first-order chi connectivity index (χ1) is 8.15. The topological polar surface area (TPSA) is 88.0 Å². The number of nitrogens with one attached hydrogen (secondary N) is 1. The van der Waals surface area contributed by atoms with E-state index in [9.17, 15) is 4.79 Å². The molecule has 0 aromatic carbocycles. The van der Waals surface area contributed by atoms with Crippen molar-refractivity contribution in [1.29, 1.82) is 0 Å². The number of aromatic carboxylic acids is 1. The molecular weight excluding hydrogens is 264 g/mol. The highest BCUT2D eigenvalue weighted by Gasteiger charge is 2.08. The summed E-state index contributed by atoms with van der Waals surface area (Å²) in [5, 5.41) is 14.1. The molecule has 6 nitrogen and oxygen atoms in total. The number of thiazole rings is 1. The van der Waals surface area contributed by atoms with Gasteiger partial charge in [0.1, 0.15) is 16.0 Å². The summed E-state index contributed by atoms with van der Waals surface area (Å²) >= 11 is 6.93. The summed E-state index contributed by atoms with van der Waals surface area (Å²) < 4.78 is 0. The van der Waals surface area contributed by atoms with Crippen molar-refractivity contribution < 1.29 is 9.90 Å². The Balaban J connectivity index is 2.00. The minimum Gasteiger partial charge on any atom is -0.476 e. The highest BCUT2D eigenvalue weighted by Crippen LogP contribution is 2.12. The van der Waals surface area contributed by atoms with Crippen molar-refractivity contribution in [1.82, 2.24) is 15.0 Å². The smallest absolute Gasteiger partial charge is 0.355 e. The third kappa shape index (κ3) is 3.11. The number of carboxylic acid groups (broad SMARTS) is 1. The van der Waals surface area contributed by atoms with Gasteiger partial charge in [0.2, 0.25) is 0 Å². The van der Waals surface area contributed by atoms with Gasteiger partial charge in [0, 0.05) is 5.38 Å². The van der Waals surface area contributed by atoms with Crippen LogP contribution in [0.2, 0.25) is 5.15 Å². The van der Waals surface area contributed by atoms with Gasteiger partial charge >= 0.3 is 5.97 Å². The van der Waals surface area contributed by atoms with Gasteiger partial charge in [0.25, 0.3) is 0 Å². The Morgan fingerprint density at radius 1 is 1.47 bits per heavy atom. The Labute approximate surface area is 105 Å². The van der Waals surface area contributed by atoms with E-state index >= 15 is 0 Å². The zero-order chi connectivity index (χ0) is 12.3. The Hall–Kier alpha value is -1.73. The standard InChI is InChI=1S/C9H7ClN4O2S/c10-6-1-11-2-7(14-6)12-3-8-13-5(4-17-8)9(15)16/h1-2,4H,3H2,(H,12,14)(H,15,16). The summed E-state index contributed by atoms with van der Waals surface area (Å²) in [6.45, 7) is 0.382. The predicted octanol–water partition coefficient (Wildman–Crippen LogP) is 1.90. The number of hydrogen-bond acceptors (Lipinski definition) is 6. The van der Waals surface area contributed by atoms with Crippen LogP contribution in [0.5, 0.6) is 0 Å². The molecular formula is C9H7ClN4O2S. The molecule has 0 saturated heterocycles. The Kier molecular flexibility index (Phi) is 3.50. The van der Waals surface area contributed by atoms with E-state index in [1.807, 2.05) is 0 Å². The number of hydrogen-bond donors (Lipinski definition) is 2. The van der Waals surface area contributed by atoms with Gasteiger partial charge in [-0.2, -0.15) is 0 Å². The lowest BCUT2D eigenvalue weighted by Crippen LogP contribution is -2.03. The van der Waals surface area contributed by atoms with Crippen molar-refractivity contribution in [3.63, 3.8) is 0 Å². The fourth-order valence-electron chi connectivity index (χ4n) is 1.08. The number of rotatable bonds is 4. The molecule has 0 aliphatic carbocycles. The molecule has 0 unspecified atom stereocenters. The first kappa shape index (κ1) is 11.7. The number of anilines is 1. The summed E-state index contributed by atoms with van der Waals surface area (Å²) in [7, 11) is 0. The molecule has 88 valence electrons. The molecule has 0 amide bonds. The Morgan fingerprint density at radius 2 is 2.29 bits per heavy atom. The van der Waals surface area contributed by atoms with Gasteiger partial charge < -0.3 is 10.4 Å². The number of carboxylic acids is 1. The number of carbonyl (C=O) groups is 1. The minimum absolute atomic E-state index is 0.0454. The van der Waals surface area contributed by atoms with E-state index in [0.29, 0.717) is 22.5 Å². The molecule has 17 heavy (non-hydrogen) atoms. The molecule has 0 aliphatic heterocycles. The van der Waals surface area contributed by atoms with Crippen LogP contribution in [0.25, 0.3) is 0 Å². The summed E-state index contributed by atoms with van der Waals surface area (Å²) in [5.74, 6) is -0.514. The van der Waals surface area contributed by atoms with Gasteiger partial charge in [-0.25, -0.2) is 14.8 Å². The van der Waals surface area contributed by atoms with Gasteiger partial charge in [-0.3, -0.25) is 4.98 Å². The molecule has 2 heterocycles. The highest BCUT2D eigenvalue weighted by molar-refractivity contribution is 7.09. The average Bonchev–Trinajstić information content (AvgIpc) is 2.75. The summed E-state index contributed by atoms with van der Waals surface area (Å²) in [6.07, 6.45) is 2.95. The van der Waals surface area contributed by atoms with E-state index in [1.54, 1.807) is 0 Å². The van der Waals surface area contributed by atoms with Crippen LogP contribution in [0.4, 0.5) is 5.82 Å². The largest absolute Gasteiger partial charge is 0.476 e. The predicted molar refractivity (Wildman–Crippen MR) is 63.4 cm³/mol. The van der Waals surface area contributed by atoms with Crippen LogP contribution < -0.4 is 5.32 Å². The quantitative estimate of drug-likeness (QED) is 0.882. The van der Waals surface area contributed by atoms with Gasteiger partial charge in [0.05, 0.1) is 18.9 Å².